The first-order chi connectivity index (χ1) is 10.2. The minimum absolute atomic E-state index is 0.0689. The number of allylic oxidation sites excluding steroid dienone is 1. The zero-order valence-corrected chi connectivity index (χ0v) is 12.1. The number of carbonyl (C=O) groups excluding carboxylic acids is 2. The van der Waals surface area contributed by atoms with Gasteiger partial charge in [0.05, 0.1) is 0 Å². The zero-order chi connectivity index (χ0) is 16.8. The summed E-state index contributed by atoms with van der Waals surface area (Å²) in [5, 5.41) is 3.94. The van der Waals surface area contributed by atoms with Gasteiger partial charge in [0, 0.05) is 26.7 Å². The smallest absolute Gasteiger partial charge is 0.345 e. The molecule has 0 saturated heterocycles. The number of amides is 3. The van der Waals surface area contributed by atoms with Gasteiger partial charge in [-0.1, -0.05) is 30.3 Å². The van der Waals surface area contributed by atoms with Crippen LogP contribution in [0.25, 0.3) is 0 Å². The molecule has 3 amide bonds. The summed E-state index contributed by atoms with van der Waals surface area (Å²) < 4.78 is 38.4. The second kappa shape index (κ2) is 7.48. The number of alkyl halides is 3. The van der Waals surface area contributed by atoms with Crippen molar-refractivity contribution in [1.29, 1.82) is 0 Å². The van der Waals surface area contributed by atoms with E-state index >= 15 is 0 Å². The molecule has 0 aliphatic carbocycles. The van der Waals surface area contributed by atoms with Crippen LogP contribution in [0, 0.1) is 0 Å². The molecule has 8 heteroatoms. The summed E-state index contributed by atoms with van der Waals surface area (Å²) in [5.74, 6) is -0.879. The molecule has 1 rings (SSSR count). The van der Waals surface area contributed by atoms with Crippen LogP contribution in [0.15, 0.2) is 42.1 Å². The Morgan fingerprint density at radius 3 is 2.27 bits per heavy atom. The Morgan fingerprint density at radius 1 is 1.18 bits per heavy atom. The van der Waals surface area contributed by atoms with Crippen LogP contribution in [-0.2, 0) is 11.3 Å². The van der Waals surface area contributed by atoms with Gasteiger partial charge in [0.25, 0.3) is 0 Å². The number of carbonyl (C=O) groups is 2. The van der Waals surface area contributed by atoms with Gasteiger partial charge in [0.15, 0.2) is 0 Å². The summed E-state index contributed by atoms with van der Waals surface area (Å²) in [6.07, 6.45) is -4.50. The molecule has 0 radical (unpaired) electrons. The summed E-state index contributed by atoms with van der Waals surface area (Å²) in [7, 11) is 2.62. The molecular formula is C14H16F3N3O2. The van der Waals surface area contributed by atoms with E-state index < -0.39 is 23.8 Å². The van der Waals surface area contributed by atoms with E-state index in [1.165, 1.54) is 14.1 Å². The third-order valence-corrected chi connectivity index (χ3v) is 2.56. The maximum atomic E-state index is 12.8. The highest BCUT2D eigenvalue weighted by molar-refractivity contribution is 5.89. The Morgan fingerprint density at radius 2 is 1.77 bits per heavy atom. The molecular weight excluding hydrogens is 299 g/mol. The predicted octanol–water partition coefficient (Wildman–Crippen LogP) is 2.02. The van der Waals surface area contributed by atoms with Crippen LogP contribution in [0.2, 0.25) is 0 Å². The minimum Gasteiger partial charge on any atom is -0.345 e. The van der Waals surface area contributed by atoms with Crippen molar-refractivity contribution >= 4 is 11.9 Å². The molecule has 5 nitrogen and oxygen atoms in total. The van der Waals surface area contributed by atoms with E-state index in [2.05, 4.69) is 5.32 Å². The Bertz CT molecular complexity index is 554. The Balaban J connectivity index is 2.70. The fourth-order valence-electron chi connectivity index (χ4n) is 1.39. The molecule has 0 heterocycles. The largest absolute Gasteiger partial charge is 0.431 e. The number of likely N-dealkylation sites (N-methyl/N-ethyl adjacent to an activating group) is 1. The zero-order valence-electron chi connectivity index (χ0n) is 12.1. The number of benzene rings is 1. The van der Waals surface area contributed by atoms with Crippen molar-refractivity contribution < 1.29 is 22.8 Å². The van der Waals surface area contributed by atoms with Crippen molar-refractivity contribution in [3.8, 4) is 0 Å². The molecule has 0 aliphatic rings. The van der Waals surface area contributed by atoms with Crippen LogP contribution < -0.4 is 10.6 Å². The number of urea groups is 1. The second-order valence-electron chi connectivity index (χ2n) is 4.58. The Hall–Kier alpha value is -2.51. The first-order valence-corrected chi connectivity index (χ1v) is 6.29. The standard InChI is InChI=1S/C14H16F3N3O2/c1-20(2)12(21)8-11(14(15,16)17)19-13(22)18-9-10-6-4-3-5-7-10/h3-8H,9H2,1-2H3,(H2,18,19,22)/b11-8-. The van der Waals surface area contributed by atoms with Crippen molar-refractivity contribution in [2.24, 2.45) is 0 Å². The predicted molar refractivity (Wildman–Crippen MR) is 74.6 cm³/mol. The van der Waals surface area contributed by atoms with Gasteiger partial charge in [-0.2, -0.15) is 13.2 Å². The number of nitrogens with zero attached hydrogens (tertiary/aromatic N) is 1. The van der Waals surface area contributed by atoms with E-state index in [1.54, 1.807) is 35.6 Å². The van der Waals surface area contributed by atoms with Gasteiger partial charge < -0.3 is 15.5 Å². The molecule has 120 valence electrons. The maximum Gasteiger partial charge on any atom is 0.431 e. The Labute approximate surface area is 125 Å². The lowest BCUT2D eigenvalue weighted by Gasteiger charge is -2.15. The van der Waals surface area contributed by atoms with Crippen LogP contribution in [-0.4, -0.2) is 37.1 Å². The monoisotopic (exact) mass is 315 g/mol. The lowest BCUT2D eigenvalue weighted by molar-refractivity contribution is -0.125. The van der Waals surface area contributed by atoms with Crippen molar-refractivity contribution in [2.75, 3.05) is 14.1 Å². The molecule has 0 saturated carbocycles. The molecule has 1 aromatic rings. The van der Waals surface area contributed by atoms with Gasteiger partial charge in [-0.3, -0.25) is 4.79 Å². The summed E-state index contributed by atoms with van der Waals surface area (Å²) in [6, 6.07) is 7.66. The average molecular weight is 315 g/mol. The number of halogens is 3. The highest BCUT2D eigenvalue weighted by Gasteiger charge is 2.35. The van der Waals surface area contributed by atoms with Crippen molar-refractivity contribution in [3.05, 3.63) is 47.7 Å². The van der Waals surface area contributed by atoms with Gasteiger partial charge in [-0.05, 0) is 5.56 Å². The third-order valence-electron chi connectivity index (χ3n) is 2.56. The molecule has 0 bridgehead atoms. The maximum absolute atomic E-state index is 12.8. The second-order valence-corrected chi connectivity index (χ2v) is 4.58. The number of nitrogens with one attached hydrogen (secondary N) is 2. The lowest BCUT2D eigenvalue weighted by Crippen LogP contribution is -2.39. The molecule has 1 aromatic carbocycles. The number of hydrogen-bond donors (Lipinski definition) is 2. The van der Waals surface area contributed by atoms with Gasteiger partial charge in [0.1, 0.15) is 5.70 Å². The van der Waals surface area contributed by atoms with E-state index in [9.17, 15) is 22.8 Å². The lowest BCUT2D eigenvalue weighted by atomic mass is 10.2. The summed E-state index contributed by atoms with van der Waals surface area (Å²) in [4.78, 5) is 23.8. The molecule has 0 spiro atoms. The third kappa shape index (κ3) is 5.86. The summed E-state index contributed by atoms with van der Waals surface area (Å²) in [5.41, 5.74) is -0.684. The normalized spacial score (nSPS) is 11.8. The van der Waals surface area contributed by atoms with Crippen LogP contribution >= 0.6 is 0 Å². The molecule has 0 aromatic heterocycles. The first-order valence-electron chi connectivity index (χ1n) is 6.29. The SMILES string of the molecule is CN(C)C(=O)/C=C(\NC(=O)NCc1ccccc1)C(F)(F)F. The van der Waals surface area contributed by atoms with Gasteiger partial charge in [-0.25, -0.2) is 4.79 Å². The highest BCUT2D eigenvalue weighted by Crippen LogP contribution is 2.23. The Kier molecular flexibility index (Phi) is 5.97. The first kappa shape index (κ1) is 17.5. The van der Waals surface area contributed by atoms with Crippen LogP contribution in [0.3, 0.4) is 0 Å². The fourth-order valence-corrected chi connectivity index (χ4v) is 1.39. The quantitative estimate of drug-likeness (QED) is 0.835. The van der Waals surface area contributed by atoms with Crippen LogP contribution in [0.1, 0.15) is 5.56 Å². The summed E-state index contributed by atoms with van der Waals surface area (Å²) in [6.45, 7) is 0.0689. The molecule has 2 N–H and O–H groups in total. The molecule has 0 unspecified atom stereocenters. The average Bonchev–Trinajstić information content (AvgIpc) is 2.44. The van der Waals surface area contributed by atoms with Crippen LogP contribution in [0.4, 0.5) is 18.0 Å². The topological polar surface area (TPSA) is 61.4 Å². The highest BCUT2D eigenvalue weighted by atomic mass is 19.4. The van der Waals surface area contributed by atoms with Crippen molar-refractivity contribution in [3.63, 3.8) is 0 Å². The molecule has 0 atom stereocenters. The van der Waals surface area contributed by atoms with Crippen molar-refractivity contribution in [2.45, 2.75) is 12.7 Å². The van der Waals surface area contributed by atoms with E-state index in [0.717, 1.165) is 10.5 Å². The van der Waals surface area contributed by atoms with E-state index in [-0.39, 0.29) is 6.54 Å². The molecule has 0 fully saturated rings. The van der Waals surface area contributed by atoms with Gasteiger partial charge in [-0.15, -0.1) is 0 Å². The van der Waals surface area contributed by atoms with Gasteiger partial charge in [0.2, 0.25) is 5.91 Å². The van der Waals surface area contributed by atoms with E-state index in [4.69, 9.17) is 0 Å². The van der Waals surface area contributed by atoms with Gasteiger partial charge >= 0.3 is 12.2 Å². The number of rotatable bonds is 4. The van der Waals surface area contributed by atoms with Crippen LogP contribution in [0.5, 0.6) is 0 Å². The summed E-state index contributed by atoms with van der Waals surface area (Å²) >= 11 is 0. The van der Waals surface area contributed by atoms with Crippen molar-refractivity contribution in [1.82, 2.24) is 15.5 Å². The minimum atomic E-state index is -4.84. The van der Waals surface area contributed by atoms with E-state index in [0.29, 0.717) is 6.08 Å². The molecule has 22 heavy (non-hydrogen) atoms. The number of hydrogen-bond acceptors (Lipinski definition) is 2. The fraction of sp³-hybridized carbons (Fsp3) is 0.286. The molecule has 0 aliphatic heterocycles. The van der Waals surface area contributed by atoms with E-state index in [1.807, 2.05) is 0 Å².